The molecule has 0 aromatic heterocycles. The van der Waals surface area contributed by atoms with Gasteiger partial charge in [-0.25, -0.2) is 0 Å². The topological polar surface area (TPSA) is 32.3 Å². The summed E-state index contributed by atoms with van der Waals surface area (Å²) >= 11 is 0. The zero-order chi connectivity index (χ0) is 14.3. The lowest BCUT2D eigenvalue weighted by Gasteiger charge is -2.23. The lowest BCUT2D eigenvalue weighted by atomic mass is 9.99. The number of rotatable bonds is 9. The highest BCUT2D eigenvalue weighted by Gasteiger charge is 2.39. The minimum Gasteiger partial charge on any atom is -0.326 e. The first kappa shape index (κ1) is 16.5. The smallest absolute Gasteiger partial charge is 0.241 e. The highest BCUT2D eigenvalue weighted by atomic mass is 16.2. The summed E-state index contributed by atoms with van der Waals surface area (Å²) in [7, 11) is 0. The average molecular weight is 268 g/mol. The molecule has 0 spiro atoms. The van der Waals surface area contributed by atoms with Crippen LogP contribution in [0.3, 0.4) is 0 Å². The van der Waals surface area contributed by atoms with Crippen molar-refractivity contribution in [3.05, 3.63) is 0 Å². The van der Waals surface area contributed by atoms with Crippen LogP contribution >= 0.6 is 0 Å². The second kappa shape index (κ2) is 8.57. The van der Waals surface area contributed by atoms with Gasteiger partial charge in [-0.15, -0.1) is 0 Å². The van der Waals surface area contributed by atoms with Crippen molar-refractivity contribution in [2.75, 3.05) is 6.54 Å². The highest BCUT2D eigenvalue weighted by molar-refractivity contribution is 5.84. The Kier molecular flexibility index (Phi) is 7.44. The molecule has 3 heteroatoms. The number of nitrogens with one attached hydrogen (secondary N) is 1. The van der Waals surface area contributed by atoms with Crippen LogP contribution in [0.2, 0.25) is 0 Å². The van der Waals surface area contributed by atoms with Crippen LogP contribution in [0.1, 0.15) is 72.6 Å². The fourth-order valence-corrected chi connectivity index (χ4v) is 2.83. The molecule has 1 rings (SSSR count). The molecule has 112 valence electrons. The molecule has 1 aliphatic heterocycles. The van der Waals surface area contributed by atoms with Crippen molar-refractivity contribution in [3.63, 3.8) is 0 Å². The number of nitrogens with zero attached hydrogens (tertiary/aromatic N) is 1. The molecule has 3 nitrogen and oxygen atoms in total. The van der Waals surface area contributed by atoms with Gasteiger partial charge in [0.2, 0.25) is 5.91 Å². The van der Waals surface area contributed by atoms with E-state index >= 15 is 0 Å². The zero-order valence-corrected chi connectivity index (χ0v) is 13.2. The molecular weight excluding hydrogens is 236 g/mol. The van der Waals surface area contributed by atoms with E-state index in [1.165, 1.54) is 19.3 Å². The standard InChI is InChI=1S/C16H32N2O/c1-5-8-9-10-12-18-14(11-6-2)17-15(16(18)19)13(4)7-3/h13-15,17H,5-12H2,1-4H3. The van der Waals surface area contributed by atoms with Gasteiger partial charge in [0.15, 0.2) is 0 Å². The summed E-state index contributed by atoms with van der Waals surface area (Å²) in [6, 6.07) is 0.0488. The Hall–Kier alpha value is -0.570. The van der Waals surface area contributed by atoms with E-state index in [0.717, 1.165) is 32.2 Å². The van der Waals surface area contributed by atoms with Crippen LogP contribution in [0.5, 0.6) is 0 Å². The monoisotopic (exact) mass is 268 g/mol. The molecule has 0 saturated carbocycles. The molecule has 1 N–H and O–H groups in total. The molecular formula is C16H32N2O. The van der Waals surface area contributed by atoms with Crippen LogP contribution in [0, 0.1) is 5.92 Å². The number of amides is 1. The van der Waals surface area contributed by atoms with E-state index in [9.17, 15) is 4.79 Å². The van der Waals surface area contributed by atoms with Crippen molar-refractivity contribution in [2.45, 2.75) is 84.8 Å². The summed E-state index contributed by atoms with van der Waals surface area (Å²) in [5, 5.41) is 3.56. The number of carbonyl (C=O) groups excluding carboxylic acids is 1. The van der Waals surface area contributed by atoms with Crippen LogP contribution in [0.15, 0.2) is 0 Å². The van der Waals surface area contributed by atoms with Crippen molar-refractivity contribution in [1.29, 1.82) is 0 Å². The molecule has 3 atom stereocenters. The Bertz CT molecular complexity index is 267. The number of unbranched alkanes of at least 4 members (excludes halogenated alkanes) is 3. The van der Waals surface area contributed by atoms with Crippen LogP contribution in [0.4, 0.5) is 0 Å². The average Bonchev–Trinajstić information content (AvgIpc) is 2.72. The normalized spacial score (nSPS) is 25.1. The number of carbonyl (C=O) groups is 1. The van der Waals surface area contributed by atoms with Gasteiger partial charge < -0.3 is 4.90 Å². The summed E-state index contributed by atoms with van der Waals surface area (Å²) in [5.74, 6) is 0.775. The van der Waals surface area contributed by atoms with Crippen LogP contribution in [0.25, 0.3) is 0 Å². The Morgan fingerprint density at radius 1 is 1.16 bits per heavy atom. The SMILES string of the molecule is CCCCCCN1C(=O)C(C(C)CC)NC1CCC. The Morgan fingerprint density at radius 2 is 1.89 bits per heavy atom. The maximum absolute atomic E-state index is 12.5. The van der Waals surface area contributed by atoms with Crippen molar-refractivity contribution in [2.24, 2.45) is 5.92 Å². The van der Waals surface area contributed by atoms with Gasteiger partial charge in [0.1, 0.15) is 0 Å². The molecule has 0 aromatic carbocycles. The van der Waals surface area contributed by atoms with Gasteiger partial charge in [0, 0.05) is 6.54 Å². The molecule has 3 unspecified atom stereocenters. The van der Waals surface area contributed by atoms with E-state index in [2.05, 4.69) is 37.9 Å². The van der Waals surface area contributed by atoms with Crippen molar-refractivity contribution >= 4 is 5.91 Å². The Labute approximate surface area is 119 Å². The molecule has 1 aliphatic rings. The Balaban J connectivity index is 2.55. The number of hydrogen-bond acceptors (Lipinski definition) is 2. The third-order valence-corrected chi connectivity index (χ3v) is 4.32. The fraction of sp³-hybridized carbons (Fsp3) is 0.938. The molecule has 1 heterocycles. The molecule has 0 aliphatic carbocycles. The predicted octanol–water partition coefficient (Wildman–Crippen LogP) is 3.54. The van der Waals surface area contributed by atoms with E-state index < -0.39 is 0 Å². The van der Waals surface area contributed by atoms with E-state index in [1.807, 2.05) is 0 Å². The van der Waals surface area contributed by atoms with Gasteiger partial charge in [-0.2, -0.15) is 0 Å². The zero-order valence-electron chi connectivity index (χ0n) is 13.2. The lowest BCUT2D eigenvalue weighted by molar-refractivity contribution is -0.131. The largest absolute Gasteiger partial charge is 0.326 e. The van der Waals surface area contributed by atoms with Crippen molar-refractivity contribution < 1.29 is 4.79 Å². The van der Waals surface area contributed by atoms with Crippen molar-refractivity contribution in [3.8, 4) is 0 Å². The summed E-state index contributed by atoms with van der Waals surface area (Å²) < 4.78 is 0. The summed E-state index contributed by atoms with van der Waals surface area (Å²) in [6.45, 7) is 9.69. The molecule has 1 saturated heterocycles. The minimum atomic E-state index is 0.0488. The molecule has 1 fully saturated rings. The molecule has 0 bridgehead atoms. The van der Waals surface area contributed by atoms with Crippen LogP contribution in [-0.4, -0.2) is 29.6 Å². The van der Waals surface area contributed by atoms with Gasteiger partial charge in [0.05, 0.1) is 12.2 Å². The van der Waals surface area contributed by atoms with Gasteiger partial charge in [0.25, 0.3) is 0 Å². The van der Waals surface area contributed by atoms with E-state index in [1.54, 1.807) is 0 Å². The van der Waals surface area contributed by atoms with Gasteiger partial charge in [-0.05, 0) is 18.8 Å². The van der Waals surface area contributed by atoms with Crippen molar-refractivity contribution in [1.82, 2.24) is 10.2 Å². The van der Waals surface area contributed by atoms with Gasteiger partial charge in [-0.3, -0.25) is 10.1 Å². The number of hydrogen-bond donors (Lipinski definition) is 1. The highest BCUT2D eigenvalue weighted by Crippen LogP contribution is 2.22. The summed E-state index contributed by atoms with van der Waals surface area (Å²) in [6.07, 6.45) is 8.46. The molecule has 1 amide bonds. The maximum atomic E-state index is 12.5. The first-order valence-electron chi connectivity index (χ1n) is 8.22. The first-order valence-corrected chi connectivity index (χ1v) is 8.22. The quantitative estimate of drug-likeness (QED) is 0.649. The fourth-order valence-electron chi connectivity index (χ4n) is 2.83. The van der Waals surface area contributed by atoms with Gasteiger partial charge >= 0.3 is 0 Å². The van der Waals surface area contributed by atoms with E-state index in [4.69, 9.17) is 0 Å². The minimum absolute atomic E-state index is 0.0488. The molecule has 0 radical (unpaired) electrons. The second-order valence-corrected chi connectivity index (χ2v) is 5.93. The second-order valence-electron chi connectivity index (χ2n) is 5.93. The summed E-state index contributed by atoms with van der Waals surface area (Å²) in [4.78, 5) is 14.6. The maximum Gasteiger partial charge on any atom is 0.241 e. The van der Waals surface area contributed by atoms with E-state index in [-0.39, 0.29) is 12.2 Å². The van der Waals surface area contributed by atoms with Gasteiger partial charge in [-0.1, -0.05) is 59.8 Å². The summed E-state index contributed by atoms with van der Waals surface area (Å²) in [5.41, 5.74) is 0. The van der Waals surface area contributed by atoms with Crippen LogP contribution in [-0.2, 0) is 4.79 Å². The Morgan fingerprint density at radius 3 is 2.47 bits per heavy atom. The third-order valence-electron chi connectivity index (χ3n) is 4.32. The van der Waals surface area contributed by atoms with Crippen LogP contribution < -0.4 is 5.32 Å². The first-order chi connectivity index (χ1) is 9.15. The van der Waals surface area contributed by atoms with E-state index in [0.29, 0.717) is 11.8 Å². The third kappa shape index (κ3) is 4.48. The molecule has 19 heavy (non-hydrogen) atoms. The molecule has 0 aromatic rings. The lowest BCUT2D eigenvalue weighted by Crippen LogP contribution is -2.38. The predicted molar refractivity (Wildman–Crippen MR) is 80.9 cm³/mol.